The third-order valence-corrected chi connectivity index (χ3v) is 4.97. The maximum Gasteiger partial charge on any atom is 0.241 e. The van der Waals surface area contributed by atoms with E-state index < -0.39 is 0 Å². The summed E-state index contributed by atoms with van der Waals surface area (Å²) < 4.78 is 0. The van der Waals surface area contributed by atoms with Crippen LogP contribution in [0.15, 0.2) is 0 Å². The fourth-order valence-electron chi connectivity index (χ4n) is 3.55. The molecule has 0 spiro atoms. The molecule has 1 saturated carbocycles. The maximum atomic E-state index is 12.6. The molecule has 1 N–H and O–H groups in total. The highest BCUT2D eigenvalue weighted by molar-refractivity contribution is 5.84. The Kier molecular flexibility index (Phi) is 4.24. The number of rotatable bonds is 3. The van der Waals surface area contributed by atoms with Gasteiger partial charge in [-0.1, -0.05) is 34.6 Å². The van der Waals surface area contributed by atoms with E-state index in [0.29, 0.717) is 23.3 Å². The van der Waals surface area contributed by atoms with E-state index in [1.165, 1.54) is 25.7 Å². The van der Waals surface area contributed by atoms with Gasteiger partial charge in [-0.3, -0.25) is 10.1 Å². The zero-order chi connectivity index (χ0) is 14.2. The van der Waals surface area contributed by atoms with Crippen molar-refractivity contribution in [3.05, 3.63) is 0 Å². The number of amides is 1. The van der Waals surface area contributed by atoms with Crippen LogP contribution in [0.3, 0.4) is 0 Å². The van der Waals surface area contributed by atoms with Gasteiger partial charge >= 0.3 is 0 Å². The summed E-state index contributed by atoms with van der Waals surface area (Å²) >= 11 is 0. The molecule has 0 radical (unpaired) electrons. The predicted octanol–water partition coefficient (Wildman–Crippen LogP) is 3.15. The molecule has 1 amide bonds. The van der Waals surface area contributed by atoms with Crippen LogP contribution in [-0.4, -0.2) is 29.1 Å². The summed E-state index contributed by atoms with van der Waals surface area (Å²) in [6.45, 7) is 11.2. The Labute approximate surface area is 118 Å². The number of nitrogens with zero attached hydrogens (tertiary/aromatic N) is 1. The molecule has 2 aliphatic rings. The first kappa shape index (κ1) is 14.8. The van der Waals surface area contributed by atoms with Crippen molar-refractivity contribution in [2.45, 2.75) is 85.0 Å². The molecule has 2 atom stereocenters. The molecule has 0 bridgehead atoms. The summed E-state index contributed by atoms with van der Waals surface area (Å²) in [5, 5.41) is 3.53. The normalized spacial score (nSPS) is 32.3. The van der Waals surface area contributed by atoms with Gasteiger partial charge in [0, 0.05) is 6.04 Å². The Morgan fingerprint density at radius 1 is 1.32 bits per heavy atom. The Balaban J connectivity index is 2.10. The molecular formula is C16H30N2O. The van der Waals surface area contributed by atoms with Crippen LogP contribution < -0.4 is 5.32 Å². The summed E-state index contributed by atoms with van der Waals surface area (Å²) in [5.74, 6) is 0.821. The lowest BCUT2D eigenvalue weighted by atomic mass is 9.75. The molecule has 1 heterocycles. The lowest BCUT2D eigenvalue weighted by molar-refractivity contribution is -0.134. The zero-order valence-corrected chi connectivity index (χ0v) is 13.2. The fraction of sp³-hybridized carbons (Fsp3) is 0.938. The average Bonchev–Trinajstić information content (AvgIpc) is 2.67. The first-order chi connectivity index (χ1) is 8.85. The van der Waals surface area contributed by atoms with Crippen molar-refractivity contribution >= 4 is 5.91 Å². The van der Waals surface area contributed by atoms with E-state index >= 15 is 0 Å². The first-order valence-electron chi connectivity index (χ1n) is 7.94. The quantitative estimate of drug-likeness (QED) is 0.851. The Bertz CT molecular complexity index is 328. The number of nitrogens with one attached hydrogen (secondary N) is 1. The fourth-order valence-corrected chi connectivity index (χ4v) is 3.55. The maximum absolute atomic E-state index is 12.6. The summed E-state index contributed by atoms with van der Waals surface area (Å²) in [5.41, 5.74) is 0.462. The highest BCUT2D eigenvalue weighted by Crippen LogP contribution is 2.38. The molecule has 1 saturated heterocycles. The third-order valence-electron chi connectivity index (χ3n) is 4.97. The lowest BCUT2D eigenvalue weighted by Gasteiger charge is -2.41. The van der Waals surface area contributed by atoms with Crippen LogP contribution in [-0.2, 0) is 4.79 Å². The number of carbonyl (C=O) groups is 1. The molecule has 1 aliphatic heterocycles. The second-order valence-electron chi connectivity index (χ2n) is 7.46. The largest absolute Gasteiger partial charge is 0.323 e. The van der Waals surface area contributed by atoms with Gasteiger partial charge in [0.05, 0.1) is 12.2 Å². The summed E-state index contributed by atoms with van der Waals surface area (Å²) in [7, 11) is 0. The monoisotopic (exact) mass is 266 g/mol. The van der Waals surface area contributed by atoms with Gasteiger partial charge in [0.2, 0.25) is 5.91 Å². The molecule has 3 nitrogen and oxygen atoms in total. The average molecular weight is 266 g/mol. The Hall–Kier alpha value is -0.570. The predicted molar refractivity (Wildman–Crippen MR) is 78.7 cm³/mol. The Morgan fingerprint density at radius 3 is 2.37 bits per heavy atom. The van der Waals surface area contributed by atoms with E-state index in [2.05, 4.69) is 44.8 Å². The van der Waals surface area contributed by atoms with Gasteiger partial charge in [-0.05, 0) is 43.4 Å². The van der Waals surface area contributed by atoms with Crippen LogP contribution in [0.25, 0.3) is 0 Å². The molecular weight excluding hydrogens is 236 g/mol. The van der Waals surface area contributed by atoms with Crippen LogP contribution in [0.4, 0.5) is 0 Å². The van der Waals surface area contributed by atoms with E-state index in [1.54, 1.807) is 0 Å². The molecule has 19 heavy (non-hydrogen) atoms. The smallest absolute Gasteiger partial charge is 0.241 e. The van der Waals surface area contributed by atoms with Gasteiger partial charge in [0.15, 0.2) is 0 Å². The van der Waals surface area contributed by atoms with Crippen LogP contribution in [0, 0.1) is 11.3 Å². The molecule has 2 fully saturated rings. The number of hydrogen-bond donors (Lipinski definition) is 1. The topological polar surface area (TPSA) is 32.3 Å². The second kappa shape index (κ2) is 5.43. The number of carbonyl (C=O) groups excluding carboxylic acids is 1. The van der Waals surface area contributed by atoms with Gasteiger partial charge < -0.3 is 4.90 Å². The molecule has 0 aromatic carbocycles. The van der Waals surface area contributed by atoms with Crippen molar-refractivity contribution in [2.75, 3.05) is 0 Å². The van der Waals surface area contributed by atoms with Crippen LogP contribution in [0.2, 0.25) is 0 Å². The van der Waals surface area contributed by atoms with Gasteiger partial charge in [-0.15, -0.1) is 0 Å². The first-order valence-corrected chi connectivity index (χ1v) is 7.94. The van der Waals surface area contributed by atoms with Gasteiger partial charge in [-0.25, -0.2) is 0 Å². The second-order valence-corrected chi connectivity index (χ2v) is 7.46. The van der Waals surface area contributed by atoms with Crippen molar-refractivity contribution < 1.29 is 4.79 Å². The lowest BCUT2D eigenvalue weighted by Crippen LogP contribution is -2.49. The minimum absolute atomic E-state index is 0.0438. The summed E-state index contributed by atoms with van der Waals surface area (Å²) in [4.78, 5) is 14.8. The van der Waals surface area contributed by atoms with Crippen molar-refractivity contribution in [1.29, 1.82) is 0 Å². The van der Waals surface area contributed by atoms with Gasteiger partial charge in [0.25, 0.3) is 0 Å². The Morgan fingerprint density at radius 2 is 1.89 bits per heavy atom. The molecule has 0 aromatic heterocycles. The standard InChI is InChI=1S/C16H30N2O/c1-6-13-15(19)18(14(17-13)11(2)3)12-7-9-16(4,5)10-8-12/h11-14,17H,6-10H2,1-5H3. The van der Waals surface area contributed by atoms with Crippen molar-refractivity contribution in [1.82, 2.24) is 10.2 Å². The van der Waals surface area contributed by atoms with Crippen molar-refractivity contribution in [3.63, 3.8) is 0 Å². The minimum atomic E-state index is 0.0438. The van der Waals surface area contributed by atoms with Crippen LogP contribution >= 0.6 is 0 Å². The van der Waals surface area contributed by atoms with Crippen LogP contribution in [0.1, 0.15) is 66.7 Å². The molecule has 2 unspecified atom stereocenters. The highest BCUT2D eigenvalue weighted by atomic mass is 16.2. The van der Waals surface area contributed by atoms with Crippen molar-refractivity contribution in [2.24, 2.45) is 11.3 Å². The van der Waals surface area contributed by atoms with E-state index in [9.17, 15) is 4.79 Å². The zero-order valence-electron chi connectivity index (χ0n) is 13.2. The third kappa shape index (κ3) is 2.96. The van der Waals surface area contributed by atoms with Crippen molar-refractivity contribution in [3.8, 4) is 0 Å². The molecule has 0 aromatic rings. The highest BCUT2D eigenvalue weighted by Gasteiger charge is 2.44. The summed E-state index contributed by atoms with van der Waals surface area (Å²) in [6, 6.07) is 0.499. The van der Waals surface area contributed by atoms with E-state index in [0.717, 1.165) is 6.42 Å². The molecule has 3 heteroatoms. The molecule has 110 valence electrons. The number of hydrogen-bond acceptors (Lipinski definition) is 2. The van der Waals surface area contributed by atoms with E-state index in [1.807, 2.05) is 0 Å². The van der Waals surface area contributed by atoms with E-state index in [-0.39, 0.29) is 12.2 Å². The molecule has 2 rings (SSSR count). The summed E-state index contributed by atoms with van der Waals surface area (Å²) in [6.07, 6.45) is 5.95. The van der Waals surface area contributed by atoms with Crippen LogP contribution in [0.5, 0.6) is 0 Å². The SMILES string of the molecule is CCC1NC(C(C)C)N(C2CCC(C)(C)CC2)C1=O. The van der Waals surface area contributed by atoms with Gasteiger partial charge in [-0.2, -0.15) is 0 Å². The van der Waals surface area contributed by atoms with E-state index in [4.69, 9.17) is 0 Å². The van der Waals surface area contributed by atoms with Gasteiger partial charge in [0.1, 0.15) is 0 Å². The molecule has 1 aliphatic carbocycles. The minimum Gasteiger partial charge on any atom is -0.323 e.